The summed E-state index contributed by atoms with van der Waals surface area (Å²) in [5, 5.41) is 2.27. The molecule has 2 aliphatic heterocycles. The van der Waals surface area contributed by atoms with E-state index in [2.05, 4.69) is 9.88 Å². The number of aromatic nitrogens is 1. The number of benzene rings is 1. The summed E-state index contributed by atoms with van der Waals surface area (Å²) in [4.78, 5) is 38.9. The fraction of sp³-hybridized carbons (Fsp3) is 0.318. The van der Waals surface area contributed by atoms with Gasteiger partial charge in [0.05, 0.1) is 6.54 Å². The molecule has 1 aromatic carbocycles. The van der Waals surface area contributed by atoms with Crippen LogP contribution in [-0.2, 0) is 16.1 Å². The molecule has 3 heterocycles. The van der Waals surface area contributed by atoms with Crippen LogP contribution in [0.5, 0.6) is 11.5 Å². The second-order valence-electron chi connectivity index (χ2n) is 7.82. The van der Waals surface area contributed by atoms with Crippen molar-refractivity contribution in [3.8, 4) is 11.5 Å². The van der Waals surface area contributed by atoms with Crippen molar-refractivity contribution in [2.75, 3.05) is 6.79 Å². The van der Waals surface area contributed by atoms with Crippen molar-refractivity contribution in [2.24, 2.45) is 0 Å². The quantitative estimate of drug-likeness (QED) is 0.622. The molecule has 5 rings (SSSR count). The van der Waals surface area contributed by atoms with Gasteiger partial charge in [-0.15, -0.1) is 0 Å². The number of barbiturate groups is 1. The Bertz CT molecular complexity index is 1130. The van der Waals surface area contributed by atoms with Crippen LogP contribution in [0.2, 0.25) is 0 Å². The van der Waals surface area contributed by atoms with E-state index in [-0.39, 0.29) is 18.9 Å². The zero-order valence-electron chi connectivity index (χ0n) is 16.7. The van der Waals surface area contributed by atoms with Gasteiger partial charge in [-0.05, 0) is 62.1 Å². The molecule has 0 unspecified atom stereocenters. The number of amides is 4. The van der Waals surface area contributed by atoms with Gasteiger partial charge in [-0.1, -0.05) is 6.07 Å². The van der Waals surface area contributed by atoms with E-state index in [4.69, 9.17) is 9.47 Å². The van der Waals surface area contributed by atoms with Gasteiger partial charge in [-0.2, -0.15) is 0 Å². The molecule has 154 valence electrons. The number of nitrogens with zero attached hydrogens (tertiary/aromatic N) is 2. The van der Waals surface area contributed by atoms with E-state index >= 15 is 0 Å². The Morgan fingerprint density at radius 1 is 1.10 bits per heavy atom. The third-order valence-electron chi connectivity index (χ3n) is 5.70. The van der Waals surface area contributed by atoms with E-state index < -0.39 is 17.8 Å². The van der Waals surface area contributed by atoms with E-state index in [0.29, 0.717) is 23.1 Å². The fourth-order valence-corrected chi connectivity index (χ4v) is 4.06. The van der Waals surface area contributed by atoms with Crippen molar-refractivity contribution < 1.29 is 23.9 Å². The van der Waals surface area contributed by atoms with Gasteiger partial charge in [0.25, 0.3) is 11.8 Å². The van der Waals surface area contributed by atoms with Gasteiger partial charge in [0, 0.05) is 17.4 Å². The van der Waals surface area contributed by atoms with Crippen LogP contribution in [0, 0.1) is 13.8 Å². The highest BCUT2D eigenvalue weighted by Crippen LogP contribution is 2.39. The summed E-state index contributed by atoms with van der Waals surface area (Å²) in [6, 6.07) is 6.96. The minimum atomic E-state index is -0.733. The molecule has 1 saturated heterocycles. The lowest BCUT2D eigenvalue weighted by Gasteiger charge is -2.26. The SMILES string of the molecule is Cc1cc(/C=C2\C(=O)NC(=O)N(Cc3ccc4c(c3)OCO4)C2=O)c(C)n1C1CC1. The van der Waals surface area contributed by atoms with Crippen LogP contribution in [0.1, 0.15) is 41.4 Å². The first-order chi connectivity index (χ1) is 14.4. The average molecular weight is 407 g/mol. The molecule has 2 aromatic rings. The van der Waals surface area contributed by atoms with E-state index in [1.54, 1.807) is 24.3 Å². The molecule has 8 nitrogen and oxygen atoms in total. The predicted molar refractivity (Wildman–Crippen MR) is 107 cm³/mol. The maximum absolute atomic E-state index is 13.1. The van der Waals surface area contributed by atoms with E-state index in [1.807, 2.05) is 19.9 Å². The zero-order chi connectivity index (χ0) is 21.0. The van der Waals surface area contributed by atoms with Crippen molar-refractivity contribution in [1.29, 1.82) is 0 Å². The van der Waals surface area contributed by atoms with Gasteiger partial charge >= 0.3 is 6.03 Å². The summed E-state index contributed by atoms with van der Waals surface area (Å²) in [6.45, 7) is 4.17. The number of imide groups is 2. The molecule has 1 saturated carbocycles. The van der Waals surface area contributed by atoms with Gasteiger partial charge in [-0.25, -0.2) is 4.79 Å². The van der Waals surface area contributed by atoms with E-state index in [9.17, 15) is 14.4 Å². The van der Waals surface area contributed by atoms with Crippen molar-refractivity contribution in [2.45, 2.75) is 39.3 Å². The van der Waals surface area contributed by atoms with Crippen molar-refractivity contribution in [3.05, 3.63) is 52.4 Å². The third-order valence-corrected chi connectivity index (χ3v) is 5.70. The maximum Gasteiger partial charge on any atom is 0.331 e. The molecule has 8 heteroatoms. The topological polar surface area (TPSA) is 89.9 Å². The maximum atomic E-state index is 13.1. The smallest absolute Gasteiger partial charge is 0.331 e. The highest BCUT2D eigenvalue weighted by atomic mass is 16.7. The molecule has 0 spiro atoms. The number of fused-ring (bicyclic) bond motifs is 1. The largest absolute Gasteiger partial charge is 0.454 e. The number of hydrogen-bond donors (Lipinski definition) is 1. The van der Waals surface area contributed by atoms with Crippen LogP contribution in [-0.4, -0.2) is 34.1 Å². The summed E-state index contributed by atoms with van der Waals surface area (Å²) in [5.74, 6) is -0.104. The monoisotopic (exact) mass is 407 g/mol. The Labute approximate surface area is 173 Å². The molecule has 30 heavy (non-hydrogen) atoms. The minimum absolute atomic E-state index is 0.0209. The van der Waals surface area contributed by atoms with Gasteiger partial charge in [0.2, 0.25) is 6.79 Å². The van der Waals surface area contributed by atoms with Crippen molar-refractivity contribution >= 4 is 23.9 Å². The van der Waals surface area contributed by atoms with Crippen LogP contribution in [0.25, 0.3) is 6.08 Å². The first-order valence-corrected chi connectivity index (χ1v) is 9.88. The number of urea groups is 1. The zero-order valence-corrected chi connectivity index (χ0v) is 16.7. The molecular weight excluding hydrogens is 386 g/mol. The highest BCUT2D eigenvalue weighted by Gasteiger charge is 2.36. The van der Waals surface area contributed by atoms with Gasteiger partial charge in [0.1, 0.15) is 5.57 Å². The normalized spacial score (nSPS) is 19.6. The number of nitrogens with one attached hydrogen (secondary N) is 1. The molecule has 2 fully saturated rings. The molecule has 4 amide bonds. The van der Waals surface area contributed by atoms with Crippen LogP contribution in [0.4, 0.5) is 4.79 Å². The van der Waals surface area contributed by atoms with E-state index in [1.165, 1.54) is 0 Å². The summed E-state index contributed by atoms with van der Waals surface area (Å²) in [5.41, 5.74) is 3.58. The molecule has 0 atom stereocenters. The number of aryl methyl sites for hydroxylation is 1. The van der Waals surface area contributed by atoms with Crippen LogP contribution in [0.15, 0.2) is 29.8 Å². The number of carbonyl (C=O) groups is 3. The van der Waals surface area contributed by atoms with Crippen LogP contribution in [0.3, 0.4) is 0 Å². The van der Waals surface area contributed by atoms with Gasteiger partial charge in [0.15, 0.2) is 11.5 Å². The first kappa shape index (κ1) is 18.5. The van der Waals surface area contributed by atoms with Crippen molar-refractivity contribution in [1.82, 2.24) is 14.8 Å². The number of hydrogen-bond acceptors (Lipinski definition) is 5. The molecule has 0 bridgehead atoms. The Balaban J connectivity index is 1.44. The van der Waals surface area contributed by atoms with Crippen LogP contribution >= 0.6 is 0 Å². The molecule has 1 aliphatic carbocycles. The van der Waals surface area contributed by atoms with E-state index in [0.717, 1.165) is 34.7 Å². The third kappa shape index (κ3) is 3.04. The number of rotatable bonds is 4. The fourth-order valence-electron chi connectivity index (χ4n) is 4.06. The second-order valence-corrected chi connectivity index (χ2v) is 7.82. The van der Waals surface area contributed by atoms with Gasteiger partial charge in [-0.3, -0.25) is 19.8 Å². The molecule has 1 aromatic heterocycles. The lowest BCUT2D eigenvalue weighted by atomic mass is 10.1. The molecule has 0 radical (unpaired) electrons. The Hall–Kier alpha value is -3.55. The standard InChI is InChI=1S/C22H21N3O5/c1-12-7-15(13(2)25(12)16-4-5-16)9-17-20(26)23-22(28)24(21(17)27)10-14-3-6-18-19(8-14)30-11-29-18/h3,6-9,16H,4-5,10-11H2,1-2H3,(H,23,26,28)/b17-9+. The predicted octanol–water partition coefficient (Wildman–Crippen LogP) is 2.83. The van der Waals surface area contributed by atoms with Gasteiger partial charge < -0.3 is 14.0 Å². The average Bonchev–Trinajstić information content (AvgIpc) is 3.35. The number of ether oxygens (including phenoxy) is 2. The summed E-state index contributed by atoms with van der Waals surface area (Å²) in [7, 11) is 0. The lowest BCUT2D eigenvalue weighted by molar-refractivity contribution is -0.130. The number of carbonyl (C=O) groups excluding carboxylic acids is 3. The molecule has 1 N–H and O–H groups in total. The highest BCUT2D eigenvalue weighted by molar-refractivity contribution is 6.31. The Kier molecular flexibility index (Phi) is 4.16. The second kappa shape index (κ2) is 6.76. The first-order valence-electron chi connectivity index (χ1n) is 9.88. The molecule has 3 aliphatic rings. The summed E-state index contributed by atoms with van der Waals surface area (Å²) < 4.78 is 12.9. The van der Waals surface area contributed by atoms with Crippen molar-refractivity contribution in [3.63, 3.8) is 0 Å². The Morgan fingerprint density at radius 2 is 1.87 bits per heavy atom. The minimum Gasteiger partial charge on any atom is -0.454 e. The lowest BCUT2D eigenvalue weighted by Crippen LogP contribution is -2.53. The Morgan fingerprint density at radius 3 is 2.63 bits per heavy atom. The summed E-state index contributed by atoms with van der Waals surface area (Å²) in [6.07, 6.45) is 3.87. The van der Waals surface area contributed by atoms with Crippen LogP contribution < -0.4 is 14.8 Å². The molecular formula is C22H21N3O5. The summed E-state index contributed by atoms with van der Waals surface area (Å²) >= 11 is 0.